The van der Waals surface area contributed by atoms with E-state index in [1.165, 1.54) is 42.2 Å². The van der Waals surface area contributed by atoms with Crippen LogP contribution in [0.5, 0.6) is 11.5 Å². The molecule has 5 aromatic rings. The van der Waals surface area contributed by atoms with Gasteiger partial charge in [0.2, 0.25) is 0 Å². The molecule has 2 heterocycles. The summed E-state index contributed by atoms with van der Waals surface area (Å²) in [6.45, 7) is 3.94. The van der Waals surface area contributed by atoms with Gasteiger partial charge >= 0.3 is 0 Å². The molecule has 9 nitrogen and oxygen atoms in total. The Balaban J connectivity index is 1.57. The second-order valence-corrected chi connectivity index (χ2v) is 10.5. The van der Waals surface area contributed by atoms with Crippen molar-refractivity contribution in [3.8, 4) is 28.3 Å². The summed E-state index contributed by atoms with van der Waals surface area (Å²) in [6.07, 6.45) is 1.32. The first-order chi connectivity index (χ1) is 18.2. The van der Waals surface area contributed by atoms with E-state index in [0.29, 0.717) is 22.3 Å². The number of nitrogens with zero attached hydrogens (tertiary/aromatic N) is 2. The van der Waals surface area contributed by atoms with Crippen LogP contribution in [0.3, 0.4) is 0 Å². The van der Waals surface area contributed by atoms with E-state index < -0.39 is 10.0 Å². The number of methoxy groups -OCH3 is 1. The van der Waals surface area contributed by atoms with E-state index in [1.54, 1.807) is 12.1 Å². The van der Waals surface area contributed by atoms with Crippen LogP contribution in [-0.4, -0.2) is 31.4 Å². The van der Waals surface area contributed by atoms with E-state index in [0.717, 1.165) is 16.9 Å². The summed E-state index contributed by atoms with van der Waals surface area (Å²) in [7, 11) is -2.38. The second kappa shape index (κ2) is 10.1. The van der Waals surface area contributed by atoms with Gasteiger partial charge in [-0.3, -0.25) is 14.1 Å². The predicted molar refractivity (Wildman–Crippen MR) is 145 cm³/mol. The molecule has 38 heavy (non-hydrogen) atoms. The topological polar surface area (TPSA) is 113 Å². The van der Waals surface area contributed by atoms with Crippen LogP contribution in [0.4, 0.5) is 5.82 Å². The van der Waals surface area contributed by atoms with Gasteiger partial charge < -0.3 is 14.0 Å². The zero-order chi connectivity index (χ0) is 26.9. The van der Waals surface area contributed by atoms with Gasteiger partial charge in [0.1, 0.15) is 17.8 Å². The Morgan fingerprint density at radius 3 is 2.50 bits per heavy atom. The molecule has 0 fully saturated rings. The van der Waals surface area contributed by atoms with Gasteiger partial charge in [0.25, 0.3) is 15.6 Å². The first kappa shape index (κ1) is 25.1. The van der Waals surface area contributed by atoms with Crippen molar-refractivity contribution in [3.05, 3.63) is 95.5 Å². The summed E-state index contributed by atoms with van der Waals surface area (Å²) in [6, 6.07) is 22.2. The Kier molecular flexibility index (Phi) is 6.64. The summed E-state index contributed by atoms with van der Waals surface area (Å²) in [5.74, 6) is 1.31. The van der Waals surface area contributed by atoms with Gasteiger partial charge in [-0.2, -0.15) is 0 Å². The number of sulfonamides is 1. The minimum absolute atomic E-state index is 0.0176. The van der Waals surface area contributed by atoms with Crippen molar-refractivity contribution < 1.29 is 22.4 Å². The van der Waals surface area contributed by atoms with Crippen LogP contribution in [0.1, 0.15) is 13.8 Å². The fraction of sp³-hybridized carbons (Fsp3) is 0.143. The molecule has 0 saturated heterocycles. The second-order valence-electron chi connectivity index (χ2n) is 8.80. The minimum Gasteiger partial charge on any atom is -0.495 e. The molecule has 2 aromatic heterocycles. The molecule has 0 unspecified atom stereocenters. The van der Waals surface area contributed by atoms with Crippen LogP contribution >= 0.6 is 0 Å². The lowest BCUT2D eigenvalue weighted by atomic mass is 10.0. The van der Waals surface area contributed by atoms with Gasteiger partial charge in [-0.05, 0) is 73.5 Å². The Hall–Kier alpha value is -4.57. The first-order valence-electron chi connectivity index (χ1n) is 11.8. The summed E-state index contributed by atoms with van der Waals surface area (Å²) < 4.78 is 45.7. The van der Waals surface area contributed by atoms with E-state index >= 15 is 0 Å². The van der Waals surface area contributed by atoms with Crippen LogP contribution < -0.4 is 19.8 Å². The molecule has 0 atom stereocenters. The highest BCUT2D eigenvalue weighted by Gasteiger charge is 2.18. The third-order valence-electron chi connectivity index (χ3n) is 5.81. The summed E-state index contributed by atoms with van der Waals surface area (Å²) in [4.78, 5) is 13.1. The average molecular weight is 532 g/mol. The molecular formula is C28H25N3O6S. The van der Waals surface area contributed by atoms with E-state index in [9.17, 15) is 13.2 Å². The highest BCUT2D eigenvalue weighted by atomic mass is 32.2. The smallest absolute Gasteiger partial charge is 0.263 e. The third kappa shape index (κ3) is 4.98. The van der Waals surface area contributed by atoms with Crippen molar-refractivity contribution in [3.63, 3.8) is 0 Å². The van der Waals surface area contributed by atoms with Crippen molar-refractivity contribution in [1.82, 2.24) is 9.72 Å². The lowest BCUT2D eigenvalue weighted by Gasteiger charge is -2.16. The number of hydrogen-bond donors (Lipinski definition) is 1. The normalized spacial score (nSPS) is 11.6. The maximum Gasteiger partial charge on any atom is 0.263 e. The van der Waals surface area contributed by atoms with Gasteiger partial charge in [0.05, 0.1) is 29.3 Å². The molecule has 0 aliphatic carbocycles. The van der Waals surface area contributed by atoms with E-state index in [2.05, 4.69) is 9.88 Å². The number of ether oxygens (including phenoxy) is 2. The molecule has 0 radical (unpaired) electrons. The average Bonchev–Trinajstić information content (AvgIpc) is 3.40. The number of benzene rings is 3. The monoisotopic (exact) mass is 531 g/mol. The third-order valence-corrected chi connectivity index (χ3v) is 7.16. The Labute approximate surface area is 219 Å². The van der Waals surface area contributed by atoms with Crippen molar-refractivity contribution in [1.29, 1.82) is 0 Å². The van der Waals surface area contributed by atoms with Crippen LogP contribution in [0.2, 0.25) is 0 Å². The molecule has 3 aromatic carbocycles. The fourth-order valence-corrected chi connectivity index (χ4v) is 5.19. The lowest BCUT2D eigenvalue weighted by molar-refractivity contribution is 0.242. The SMILES string of the molecule is COc1cc(-c2cccc(OC(C)C)c2)ccc1-n1c(=O)ccc2cc(S(=O)(=O)Nc3ccon3)ccc21. The van der Waals surface area contributed by atoms with Crippen molar-refractivity contribution in [2.75, 3.05) is 11.8 Å². The van der Waals surface area contributed by atoms with Gasteiger partial charge in [-0.1, -0.05) is 23.4 Å². The highest BCUT2D eigenvalue weighted by Crippen LogP contribution is 2.32. The number of rotatable bonds is 8. The fourth-order valence-electron chi connectivity index (χ4n) is 4.16. The summed E-state index contributed by atoms with van der Waals surface area (Å²) in [5, 5.41) is 4.14. The van der Waals surface area contributed by atoms with Crippen molar-refractivity contribution in [2.45, 2.75) is 24.8 Å². The standard InChI is InChI=1S/C28H25N3O6S/c1-18(2)37-22-6-4-5-19(15-22)20-7-10-25(26(17-20)35-3)31-24-11-9-23(16-21(24)8-12-28(31)32)38(33,34)30-27-13-14-36-29-27/h4-18H,1-3H3,(H,29,30). The number of hydrogen-bond acceptors (Lipinski definition) is 7. The maximum absolute atomic E-state index is 13.0. The highest BCUT2D eigenvalue weighted by molar-refractivity contribution is 7.92. The molecule has 194 valence electrons. The molecule has 1 N–H and O–H groups in total. The zero-order valence-corrected chi connectivity index (χ0v) is 21.7. The summed E-state index contributed by atoms with van der Waals surface area (Å²) >= 11 is 0. The van der Waals surface area contributed by atoms with Crippen molar-refractivity contribution in [2.24, 2.45) is 0 Å². The van der Waals surface area contributed by atoms with Crippen LogP contribution in [0.15, 0.2) is 99.3 Å². The molecule has 10 heteroatoms. The van der Waals surface area contributed by atoms with E-state index in [4.69, 9.17) is 14.0 Å². The van der Waals surface area contributed by atoms with E-state index in [-0.39, 0.29) is 22.4 Å². The molecule has 0 saturated carbocycles. The number of fused-ring (bicyclic) bond motifs is 1. The van der Waals surface area contributed by atoms with Gasteiger partial charge in [0.15, 0.2) is 5.82 Å². The lowest BCUT2D eigenvalue weighted by Crippen LogP contribution is -2.18. The Morgan fingerprint density at radius 2 is 1.76 bits per heavy atom. The van der Waals surface area contributed by atoms with Gasteiger partial charge in [0, 0.05) is 17.5 Å². The quantitative estimate of drug-likeness (QED) is 0.291. The first-order valence-corrected chi connectivity index (χ1v) is 13.3. The zero-order valence-electron chi connectivity index (χ0n) is 20.9. The molecule has 0 bridgehead atoms. The number of nitrogens with one attached hydrogen (secondary N) is 1. The van der Waals surface area contributed by atoms with Gasteiger partial charge in [-0.25, -0.2) is 8.42 Å². The molecule has 0 aliphatic heterocycles. The van der Waals surface area contributed by atoms with E-state index in [1.807, 2.05) is 56.3 Å². The predicted octanol–water partition coefficient (Wildman–Crippen LogP) is 5.24. The van der Waals surface area contributed by atoms with Crippen molar-refractivity contribution >= 4 is 26.7 Å². The van der Waals surface area contributed by atoms with Crippen LogP contribution in [0, 0.1) is 0 Å². The molecular weight excluding hydrogens is 506 g/mol. The largest absolute Gasteiger partial charge is 0.495 e. The molecule has 0 spiro atoms. The number of anilines is 1. The molecule has 0 amide bonds. The van der Waals surface area contributed by atoms with Crippen LogP contribution in [0.25, 0.3) is 27.7 Å². The van der Waals surface area contributed by atoms with Gasteiger partial charge in [-0.15, -0.1) is 0 Å². The minimum atomic E-state index is -3.92. The maximum atomic E-state index is 13.0. The Morgan fingerprint density at radius 1 is 0.947 bits per heavy atom. The number of aromatic nitrogens is 2. The molecule has 5 rings (SSSR count). The Bertz CT molecular complexity index is 1780. The number of pyridine rings is 1. The molecule has 0 aliphatic rings. The summed E-state index contributed by atoms with van der Waals surface area (Å²) in [5.41, 5.74) is 2.59. The van der Waals surface area contributed by atoms with Crippen LogP contribution in [-0.2, 0) is 10.0 Å².